The minimum absolute atomic E-state index is 0.200. The molecule has 1 aromatic heterocycles. The number of hydrogen-bond acceptors (Lipinski definition) is 5. The van der Waals surface area contributed by atoms with Gasteiger partial charge in [-0.3, -0.25) is 9.69 Å². The SMILES string of the molecule is C=C1SC(=S)N(c2cc(-c3sccc3C)c(O)c(C(C)(C)C)c2)C1=O. The van der Waals surface area contributed by atoms with Crippen molar-refractivity contribution in [2.24, 2.45) is 0 Å². The quantitative estimate of drug-likeness (QED) is 0.536. The summed E-state index contributed by atoms with van der Waals surface area (Å²) in [5.74, 6) is 0.0558. The molecule has 130 valence electrons. The molecule has 1 aliphatic heterocycles. The molecular weight excluding hydrogens is 370 g/mol. The fraction of sp³-hybridized carbons (Fsp3) is 0.263. The van der Waals surface area contributed by atoms with Crippen molar-refractivity contribution in [3.05, 3.63) is 46.2 Å². The number of carbonyl (C=O) groups is 1. The molecule has 0 aliphatic carbocycles. The molecule has 25 heavy (non-hydrogen) atoms. The number of aryl methyl sites for hydroxylation is 1. The molecule has 0 bridgehead atoms. The first-order chi connectivity index (χ1) is 11.6. The van der Waals surface area contributed by atoms with E-state index in [1.54, 1.807) is 11.3 Å². The van der Waals surface area contributed by atoms with Gasteiger partial charge in [-0.15, -0.1) is 11.3 Å². The van der Waals surface area contributed by atoms with E-state index in [1.165, 1.54) is 16.7 Å². The van der Waals surface area contributed by atoms with Crippen LogP contribution in [-0.4, -0.2) is 15.3 Å². The predicted molar refractivity (Wildman–Crippen MR) is 112 cm³/mol. The third-order valence-electron chi connectivity index (χ3n) is 4.10. The molecule has 0 unspecified atom stereocenters. The van der Waals surface area contributed by atoms with Crippen LogP contribution in [0, 0.1) is 6.92 Å². The standard InChI is InChI=1S/C19H19NO2S3/c1-10-6-7-24-16(10)13-8-12(9-14(15(13)21)19(3,4)5)20-17(22)11(2)25-18(20)23/h6-9,21H,2H2,1,3-5H3. The predicted octanol–water partition coefficient (Wildman–Crippen LogP) is 5.61. The van der Waals surface area contributed by atoms with E-state index in [0.29, 0.717) is 14.9 Å². The lowest BCUT2D eigenvalue weighted by Gasteiger charge is -2.25. The van der Waals surface area contributed by atoms with Crippen LogP contribution >= 0.6 is 35.3 Å². The first-order valence-electron chi connectivity index (χ1n) is 7.78. The zero-order chi connectivity index (χ0) is 18.5. The average Bonchev–Trinajstić information content (AvgIpc) is 3.03. The molecule has 0 radical (unpaired) electrons. The van der Waals surface area contributed by atoms with E-state index in [4.69, 9.17) is 12.2 Å². The highest BCUT2D eigenvalue weighted by atomic mass is 32.2. The second kappa shape index (κ2) is 6.27. The van der Waals surface area contributed by atoms with Crippen molar-refractivity contribution in [3.63, 3.8) is 0 Å². The Balaban J connectivity index is 2.27. The third kappa shape index (κ3) is 3.14. The molecule has 6 heteroatoms. The van der Waals surface area contributed by atoms with Gasteiger partial charge in [-0.05, 0) is 41.5 Å². The number of amides is 1. The molecule has 1 aliphatic rings. The molecule has 1 N–H and O–H groups in total. The summed E-state index contributed by atoms with van der Waals surface area (Å²) >= 11 is 8.14. The van der Waals surface area contributed by atoms with E-state index in [1.807, 2.05) is 51.3 Å². The van der Waals surface area contributed by atoms with Crippen LogP contribution in [0.15, 0.2) is 35.1 Å². The van der Waals surface area contributed by atoms with Gasteiger partial charge in [-0.25, -0.2) is 0 Å². The zero-order valence-electron chi connectivity index (χ0n) is 14.5. The normalized spacial score (nSPS) is 15.4. The minimum atomic E-state index is -0.283. The van der Waals surface area contributed by atoms with Crippen LogP contribution in [0.1, 0.15) is 31.9 Å². The number of nitrogens with zero attached hydrogens (tertiary/aromatic N) is 1. The lowest BCUT2D eigenvalue weighted by atomic mass is 9.84. The topological polar surface area (TPSA) is 40.5 Å². The molecule has 1 fully saturated rings. The van der Waals surface area contributed by atoms with Crippen molar-refractivity contribution in [1.82, 2.24) is 0 Å². The summed E-state index contributed by atoms with van der Waals surface area (Å²) in [6.45, 7) is 11.9. The largest absolute Gasteiger partial charge is 0.507 e. The summed E-state index contributed by atoms with van der Waals surface area (Å²) in [5, 5.41) is 12.9. The van der Waals surface area contributed by atoms with Crippen LogP contribution in [0.25, 0.3) is 10.4 Å². The lowest BCUT2D eigenvalue weighted by molar-refractivity contribution is -0.113. The van der Waals surface area contributed by atoms with Crippen molar-refractivity contribution in [1.29, 1.82) is 0 Å². The van der Waals surface area contributed by atoms with Crippen molar-refractivity contribution < 1.29 is 9.90 Å². The number of carbonyl (C=O) groups excluding carboxylic acids is 1. The lowest BCUT2D eigenvalue weighted by Crippen LogP contribution is -2.28. The number of phenols is 1. The third-order valence-corrected chi connectivity index (χ3v) is 6.36. The highest BCUT2D eigenvalue weighted by Crippen LogP contribution is 2.45. The molecule has 2 aromatic rings. The number of thiophene rings is 1. The summed E-state index contributed by atoms with van der Waals surface area (Å²) in [5.41, 5.74) is 2.99. The number of rotatable bonds is 2. The van der Waals surface area contributed by atoms with Crippen molar-refractivity contribution in [2.75, 3.05) is 4.90 Å². The number of anilines is 1. The molecule has 1 amide bonds. The summed E-state index contributed by atoms with van der Waals surface area (Å²) in [6, 6.07) is 5.71. The van der Waals surface area contributed by atoms with Crippen LogP contribution in [0.3, 0.4) is 0 Å². The molecule has 1 aromatic carbocycles. The highest BCUT2D eigenvalue weighted by molar-refractivity contribution is 8.27. The van der Waals surface area contributed by atoms with Gasteiger partial charge in [0.25, 0.3) is 5.91 Å². The average molecular weight is 390 g/mol. The number of thioether (sulfide) groups is 1. The Morgan fingerprint density at radius 2 is 1.96 bits per heavy atom. The monoisotopic (exact) mass is 389 g/mol. The molecule has 3 nitrogen and oxygen atoms in total. The number of hydrogen-bond donors (Lipinski definition) is 1. The Kier molecular flexibility index (Phi) is 4.56. The molecule has 1 saturated heterocycles. The molecule has 3 rings (SSSR count). The van der Waals surface area contributed by atoms with Gasteiger partial charge in [0.2, 0.25) is 0 Å². The van der Waals surface area contributed by atoms with E-state index < -0.39 is 0 Å². The zero-order valence-corrected chi connectivity index (χ0v) is 17.0. The fourth-order valence-electron chi connectivity index (χ4n) is 2.77. The van der Waals surface area contributed by atoms with Gasteiger partial charge in [0.15, 0.2) is 4.32 Å². The summed E-state index contributed by atoms with van der Waals surface area (Å²) in [6.07, 6.45) is 0. The molecule has 0 saturated carbocycles. The number of phenolic OH excluding ortho intramolecular Hbond substituents is 1. The summed E-state index contributed by atoms with van der Waals surface area (Å²) in [7, 11) is 0. The van der Waals surface area contributed by atoms with E-state index in [2.05, 4.69) is 6.58 Å². The second-order valence-electron chi connectivity index (χ2n) is 7.00. The van der Waals surface area contributed by atoms with Gasteiger partial charge in [-0.1, -0.05) is 51.3 Å². The molecule has 0 spiro atoms. The van der Waals surface area contributed by atoms with Crippen LogP contribution < -0.4 is 4.90 Å². The van der Waals surface area contributed by atoms with Crippen LogP contribution in [0.2, 0.25) is 0 Å². The van der Waals surface area contributed by atoms with Gasteiger partial charge >= 0.3 is 0 Å². The van der Waals surface area contributed by atoms with Gasteiger partial charge in [0.05, 0.1) is 10.6 Å². The summed E-state index contributed by atoms with van der Waals surface area (Å²) in [4.78, 5) is 15.4. The molecule has 0 atom stereocenters. The number of benzene rings is 1. The van der Waals surface area contributed by atoms with Crippen LogP contribution in [0.5, 0.6) is 5.75 Å². The maximum absolute atomic E-state index is 12.5. The van der Waals surface area contributed by atoms with Crippen LogP contribution in [-0.2, 0) is 10.2 Å². The Morgan fingerprint density at radius 3 is 2.44 bits per heavy atom. The van der Waals surface area contributed by atoms with Gasteiger partial charge < -0.3 is 5.11 Å². The molecule has 2 heterocycles. The van der Waals surface area contributed by atoms with E-state index in [9.17, 15) is 9.90 Å². The minimum Gasteiger partial charge on any atom is -0.507 e. The highest BCUT2D eigenvalue weighted by Gasteiger charge is 2.34. The maximum atomic E-state index is 12.5. The fourth-order valence-corrected chi connectivity index (χ4v) is 4.87. The van der Waals surface area contributed by atoms with Crippen molar-refractivity contribution in [3.8, 4) is 16.2 Å². The number of thiocarbonyl (C=S) groups is 1. The van der Waals surface area contributed by atoms with Crippen LogP contribution in [0.4, 0.5) is 5.69 Å². The van der Waals surface area contributed by atoms with E-state index in [0.717, 1.165) is 21.6 Å². The van der Waals surface area contributed by atoms with Gasteiger partial charge in [-0.2, -0.15) is 0 Å². The van der Waals surface area contributed by atoms with Crippen molar-refractivity contribution in [2.45, 2.75) is 33.1 Å². The number of aromatic hydroxyl groups is 1. The maximum Gasteiger partial charge on any atom is 0.270 e. The molecular formula is C19H19NO2S3. The Hall–Kier alpha value is -1.63. The van der Waals surface area contributed by atoms with E-state index in [-0.39, 0.29) is 17.1 Å². The second-order valence-corrected chi connectivity index (χ2v) is 9.65. The Morgan fingerprint density at radius 1 is 1.28 bits per heavy atom. The summed E-state index contributed by atoms with van der Waals surface area (Å²) < 4.78 is 0.467. The first kappa shape index (κ1) is 18.2. The van der Waals surface area contributed by atoms with Gasteiger partial charge in [0, 0.05) is 16.0 Å². The Labute approximate surface area is 161 Å². The first-order valence-corrected chi connectivity index (χ1v) is 9.89. The smallest absolute Gasteiger partial charge is 0.270 e. The van der Waals surface area contributed by atoms with E-state index >= 15 is 0 Å². The van der Waals surface area contributed by atoms with Gasteiger partial charge in [0.1, 0.15) is 5.75 Å². The van der Waals surface area contributed by atoms with Crippen molar-refractivity contribution >= 4 is 51.2 Å². The Bertz CT molecular complexity index is 906.